The van der Waals surface area contributed by atoms with Crippen LogP contribution in [-0.2, 0) is 19.6 Å². The van der Waals surface area contributed by atoms with Gasteiger partial charge < -0.3 is 9.80 Å². The molecule has 142 valence electrons. The average Bonchev–Trinajstić information content (AvgIpc) is 2.73. The van der Waals surface area contributed by atoms with Crippen LogP contribution in [0.25, 0.3) is 0 Å². The van der Waals surface area contributed by atoms with E-state index in [0.717, 1.165) is 10.7 Å². The first kappa shape index (κ1) is 18.9. The smallest absolute Gasteiger partial charge is 0.264 e. The van der Waals surface area contributed by atoms with Crippen molar-refractivity contribution in [1.82, 2.24) is 9.80 Å². The lowest BCUT2D eigenvalue weighted by atomic mass is 10.3. The number of hydrogen-bond acceptors (Lipinski definition) is 4. The van der Waals surface area contributed by atoms with Gasteiger partial charge in [0.15, 0.2) is 0 Å². The van der Waals surface area contributed by atoms with Gasteiger partial charge in [-0.05, 0) is 24.3 Å². The maximum atomic E-state index is 13.2. The molecule has 7 nitrogen and oxygen atoms in total. The molecule has 3 rings (SSSR count). The van der Waals surface area contributed by atoms with Crippen LogP contribution >= 0.6 is 0 Å². The summed E-state index contributed by atoms with van der Waals surface area (Å²) < 4.78 is 27.4. The Balaban J connectivity index is 1.86. The zero-order valence-electron chi connectivity index (χ0n) is 14.8. The van der Waals surface area contributed by atoms with Gasteiger partial charge in [0.1, 0.15) is 6.54 Å². The average molecular weight is 387 g/mol. The van der Waals surface area contributed by atoms with E-state index in [0.29, 0.717) is 31.9 Å². The first-order valence-corrected chi connectivity index (χ1v) is 10.1. The number of para-hydroxylation sites is 1. The minimum atomic E-state index is -3.88. The number of nitrogens with zero attached hydrogens (tertiary/aromatic N) is 3. The minimum Gasteiger partial charge on any atom is -0.342 e. The fourth-order valence-electron chi connectivity index (χ4n) is 2.93. The number of carbonyl (C=O) groups excluding carboxylic acids is 2. The normalized spacial score (nSPS) is 14.7. The van der Waals surface area contributed by atoms with Gasteiger partial charge in [0, 0.05) is 26.2 Å². The standard InChI is InChI=1S/C19H21N3O4S/c23-16-20-11-13-21(14-12-20)19(24)15-22(17-7-3-1-4-8-17)27(25,26)18-9-5-2-6-10-18/h1-10,16H,11-15H2. The van der Waals surface area contributed by atoms with Crippen LogP contribution in [0.5, 0.6) is 0 Å². The number of anilines is 1. The Hall–Kier alpha value is -2.87. The highest BCUT2D eigenvalue weighted by molar-refractivity contribution is 7.92. The van der Waals surface area contributed by atoms with Crippen LogP contribution in [0.4, 0.5) is 5.69 Å². The van der Waals surface area contributed by atoms with Crippen molar-refractivity contribution >= 4 is 28.0 Å². The molecule has 8 heteroatoms. The summed E-state index contributed by atoms with van der Waals surface area (Å²) in [4.78, 5) is 26.9. The molecule has 0 atom stereocenters. The number of benzene rings is 2. The fourth-order valence-corrected chi connectivity index (χ4v) is 4.36. The third-order valence-electron chi connectivity index (χ3n) is 4.47. The molecule has 1 aliphatic rings. The van der Waals surface area contributed by atoms with Crippen LogP contribution in [0.15, 0.2) is 65.6 Å². The first-order chi connectivity index (χ1) is 13.0. The Morgan fingerprint density at radius 2 is 1.48 bits per heavy atom. The minimum absolute atomic E-state index is 0.132. The van der Waals surface area contributed by atoms with Crippen LogP contribution in [-0.4, -0.2) is 63.3 Å². The van der Waals surface area contributed by atoms with Crippen molar-refractivity contribution in [2.75, 3.05) is 37.0 Å². The first-order valence-electron chi connectivity index (χ1n) is 8.62. The maximum Gasteiger partial charge on any atom is 0.264 e. The molecule has 2 amide bonds. The molecule has 0 aliphatic carbocycles. The van der Waals surface area contributed by atoms with Gasteiger partial charge in [0.2, 0.25) is 12.3 Å². The third kappa shape index (κ3) is 4.28. The summed E-state index contributed by atoms with van der Waals surface area (Å²) in [6.45, 7) is 1.40. The van der Waals surface area contributed by atoms with E-state index in [1.165, 1.54) is 12.1 Å². The third-order valence-corrected chi connectivity index (χ3v) is 6.26. The molecule has 2 aromatic rings. The topological polar surface area (TPSA) is 78.0 Å². The quantitative estimate of drug-likeness (QED) is 0.698. The number of rotatable bonds is 6. The van der Waals surface area contributed by atoms with Crippen LogP contribution in [0.3, 0.4) is 0 Å². The highest BCUT2D eigenvalue weighted by Crippen LogP contribution is 2.23. The zero-order chi connectivity index (χ0) is 19.3. The summed E-state index contributed by atoms with van der Waals surface area (Å²) in [7, 11) is -3.88. The van der Waals surface area contributed by atoms with Crippen molar-refractivity contribution in [3.8, 4) is 0 Å². The highest BCUT2D eigenvalue weighted by Gasteiger charge is 2.29. The van der Waals surface area contributed by atoms with E-state index in [1.54, 1.807) is 58.3 Å². The summed E-state index contributed by atoms with van der Waals surface area (Å²) in [5, 5.41) is 0. The Morgan fingerprint density at radius 1 is 0.926 bits per heavy atom. The Morgan fingerprint density at radius 3 is 2.04 bits per heavy atom. The van der Waals surface area contributed by atoms with Crippen molar-refractivity contribution in [3.05, 3.63) is 60.7 Å². The lowest BCUT2D eigenvalue weighted by Gasteiger charge is -2.34. The molecule has 0 spiro atoms. The van der Waals surface area contributed by atoms with Crippen LogP contribution in [0.1, 0.15) is 0 Å². The van der Waals surface area contributed by atoms with E-state index in [1.807, 2.05) is 0 Å². The lowest BCUT2D eigenvalue weighted by Crippen LogP contribution is -2.51. The molecule has 1 heterocycles. The van der Waals surface area contributed by atoms with Gasteiger partial charge in [0.25, 0.3) is 10.0 Å². The van der Waals surface area contributed by atoms with E-state index < -0.39 is 10.0 Å². The molecule has 0 bridgehead atoms. The van der Waals surface area contributed by atoms with E-state index >= 15 is 0 Å². The largest absolute Gasteiger partial charge is 0.342 e. The Labute approximate surface area is 158 Å². The second-order valence-corrected chi connectivity index (χ2v) is 8.04. The molecule has 0 saturated carbocycles. The summed E-state index contributed by atoms with van der Waals surface area (Å²) >= 11 is 0. The fraction of sp³-hybridized carbons (Fsp3) is 0.263. The molecule has 0 aromatic heterocycles. The predicted octanol–water partition coefficient (Wildman–Crippen LogP) is 1.18. The van der Waals surface area contributed by atoms with Crippen LogP contribution in [0.2, 0.25) is 0 Å². The molecule has 0 N–H and O–H groups in total. The summed E-state index contributed by atoms with van der Waals surface area (Å²) in [5.41, 5.74) is 0.432. The molecule has 1 aliphatic heterocycles. The van der Waals surface area contributed by atoms with Crippen molar-refractivity contribution < 1.29 is 18.0 Å². The van der Waals surface area contributed by atoms with Crippen molar-refractivity contribution in [2.24, 2.45) is 0 Å². The maximum absolute atomic E-state index is 13.2. The molecule has 0 radical (unpaired) electrons. The Bertz CT molecular complexity index is 880. The van der Waals surface area contributed by atoms with Gasteiger partial charge >= 0.3 is 0 Å². The number of sulfonamides is 1. The van der Waals surface area contributed by atoms with Gasteiger partial charge in [-0.1, -0.05) is 36.4 Å². The monoisotopic (exact) mass is 387 g/mol. The van der Waals surface area contributed by atoms with Crippen molar-refractivity contribution in [3.63, 3.8) is 0 Å². The number of carbonyl (C=O) groups is 2. The summed E-state index contributed by atoms with van der Waals surface area (Å²) in [5.74, 6) is -0.288. The summed E-state index contributed by atoms with van der Waals surface area (Å²) in [6.07, 6.45) is 0.762. The van der Waals surface area contributed by atoms with E-state index in [4.69, 9.17) is 0 Å². The highest BCUT2D eigenvalue weighted by atomic mass is 32.2. The molecule has 2 aromatic carbocycles. The molecule has 1 fully saturated rings. The second kappa shape index (κ2) is 8.22. The summed E-state index contributed by atoms with van der Waals surface area (Å²) in [6, 6.07) is 16.6. The van der Waals surface area contributed by atoms with Gasteiger partial charge in [-0.25, -0.2) is 8.42 Å². The van der Waals surface area contributed by atoms with Gasteiger partial charge in [-0.3, -0.25) is 13.9 Å². The zero-order valence-corrected chi connectivity index (χ0v) is 15.6. The molecule has 0 unspecified atom stereocenters. The number of piperazine rings is 1. The second-order valence-electron chi connectivity index (χ2n) is 6.18. The van der Waals surface area contributed by atoms with E-state index in [2.05, 4.69) is 0 Å². The molecular weight excluding hydrogens is 366 g/mol. The van der Waals surface area contributed by atoms with Crippen LogP contribution in [0, 0.1) is 0 Å². The van der Waals surface area contributed by atoms with Crippen LogP contribution < -0.4 is 4.31 Å². The number of amides is 2. The Kier molecular flexibility index (Phi) is 5.75. The van der Waals surface area contributed by atoms with Gasteiger partial charge in [-0.15, -0.1) is 0 Å². The lowest BCUT2D eigenvalue weighted by molar-refractivity contribution is -0.133. The number of hydrogen-bond donors (Lipinski definition) is 0. The van der Waals surface area contributed by atoms with E-state index in [9.17, 15) is 18.0 Å². The van der Waals surface area contributed by atoms with Crippen molar-refractivity contribution in [1.29, 1.82) is 0 Å². The van der Waals surface area contributed by atoms with Gasteiger partial charge in [0.05, 0.1) is 10.6 Å². The molecule has 1 saturated heterocycles. The SMILES string of the molecule is O=CN1CCN(C(=O)CN(c2ccccc2)S(=O)(=O)c2ccccc2)CC1. The molecular formula is C19H21N3O4S. The van der Waals surface area contributed by atoms with Gasteiger partial charge in [-0.2, -0.15) is 0 Å². The predicted molar refractivity (Wildman–Crippen MR) is 102 cm³/mol. The molecule has 27 heavy (non-hydrogen) atoms. The van der Waals surface area contributed by atoms with E-state index in [-0.39, 0.29) is 17.3 Å². The van der Waals surface area contributed by atoms with Crippen molar-refractivity contribution in [2.45, 2.75) is 4.90 Å².